The van der Waals surface area contributed by atoms with Crippen LogP contribution in [-0.2, 0) is 11.3 Å². The van der Waals surface area contributed by atoms with E-state index in [-0.39, 0.29) is 11.3 Å². The van der Waals surface area contributed by atoms with Crippen LogP contribution >= 0.6 is 15.9 Å². The third-order valence-corrected chi connectivity index (χ3v) is 4.31. The van der Waals surface area contributed by atoms with Gasteiger partial charge in [0.2, 0.25) is 5.91 Å². The van der Waals surface area contributed by atoms with Crippen molar-refractivity contribution in [2.45, 2.75) is 38.1 Å². The highest BCUT2D eigenvalue weighted by Crippen LogP contribution is 2.33. The Labute approximate surface area is 117 Å². The van der Waals surface area contributed by atoms with Crippen LogP contribution in [0.2, 0.25) is 0 Å². The summed E-state index contributed by atoms with van der Waals surface area (Å²) >= 11 is 3.68. The van der Waals surface area contributed by atoms with Gasteiger partial charge in [-0.05, 0) is 18.4 Å². The fourth-order valence-corrected chi connectivity index (χ4v) is 3.54. The number of carbonyl (C=O) groups excluding carboxylic acids is 1. The fraction of sp³-hybridized carbons (Fsp3) is 0.533. The lowest BCUT2D eigenvalue weighted by Crippen LogP contribution is -2.39. The molecule has 18 heavy (non-hydrogen) atoms. The molecular weight excluding hydrogens is 290 g/mol. The molecule has 98 valence electrons. The van der Waals surface area contributed by atoms with Crippen molar-refractivity contribution in [3.63, 3.8) is 0 Å². The van der Waals surface area contributed by atoms with Gasteiger partial charge >= 0.3 is 0 Å². The Hall–Kier alpha value is -0.830. The molecule has 3 heteroatoms. The Bertz CT molecular complexity index is 416. The van der Waals surface area contributed by atoms with E-state index in [0.717, 1.165) is 25.9 Å². The first-order valence-electron chi connectivity index (χ1n) is 6.46. The summed E-state index contributed by atoms with van der Waals surface area (Å²) in [5.74, 6) is 0.272. The molecule has 1 unspecified atom stereocenters. The van der Waals surface area contributed by atoms with Crippen LogP contribution < -0.4 is 0 Å². The summed E-state index contributed by atoms with van der Waals surface area (Å²) < 4.78 is 0. The molecular formula is C15H20BrNO. The van der Waals surface area contributed by atoms with Crippen LogP contribution in [0.5, 0.6) is 0 Å². The highest BCUT2D eigenvalue weighted by Gasteiger charge is 2.36. The van der Waals surface area contributed by atoms with Gasteiger partial charge in [0, 0.05) is 23.3 Å². The number of alkyl halides is 1. The van der Waals surface area contributed by atoms with Gasteiger partial charge in [0.1, 0.15) is 0 Å². The van der Waals surface area contributed by atoms with E-state index in [1.54, 1.807) is 0 Å². The molecule has 0 radical (unpaired) electrons. The Morgan fingerprint density at radius 2 is 2.00 bits per heavy atom. The molecule has 0 N–H and O–H groups in total. The standard InChI is InChI=1S/C15H20BrNO/c1-15(2)10-13(16)8-9-17(14(15)18)11-12-6-4-3-5-7-12/h3-7,13H,8-11H2,1-2H3. The highest BCUT2D eigenvalue weighted by molar-refractivity contribution is 9.09. The van der Waals surface area contributed by atoms with E-state index in [1.807, 2.05) is 36.9 Å². The van der Waals surface area contributed by atoms with Crippen LogP contribution in [0.15, 0.2) is 30.3 Å². The molecule has 0 saturated carbocycles. The number of rotatable bonds is 2. The zero-order valence-electron chi connectivity index (χ0n) is 11.0. The van der Waals surface area contributed by atoms with E-state index in [0.29, 0.717) is 4.83 Å². The molecule has 0 bridgehead atoms. The predicted octanol–water partition coefficient (Wildman–Crippen LogP) is 3.60. The molecule has 1 amide bonds. The molecule has 1 atom stereocenters. The van der Waals surface area contributed by atoms with Crippen LogP contribution in [0.25, 0.3) is 0 Å². The van der Waals surface area contributed by atoms with Crippen LogP contribution in [-0.4, -0.2) is 22.2 Å². The van der Waals surface area contributed by atoms with Crippen molar-refractivity contribution in [3.05, 3.63) is 35.9 Å². The first-order chi connectivity index (χ1) is 8.49. The summed E-state index contributed by atoms with van der Waals surface area (Å²) in [6.45, 7) is 5.66. The van der Waals surface area contributed by atoms with Crippen molar-refractivity contribution in [2.75, 3.05) is 6.54 Å². The van der Waals surface area contributed by atoms with Crippen LogP contribution in [0.1, 0.15) is 32.3 Å². The monoisotopic (exact) mass is 309 g/mol. The van der Waals surface area contributed by atoms with Gasteiger partial charge in [0.15, 0.2) is 0 Å². The van der Waals surface area contributed by atoms with Gasteiger partial charge in [-0.2, -0.15) is 0 Å². The second-order valence-corrected chi connectivity index (χ2v) is 6.98. The topological polar surface area (TPSA) is 20.3 Å². The van der Waals surface area contributed by atoms with Crippen molar-refractivity contribution in [1.29, 1.82) is 0 Å². The molecule has 1 aliphatic rings. The summed E-state index contributed by atoms with van der Waals surface area (Å²) in [6.07, 6.45) is 1.94. The summed E-state index contributed by atoms with van der Waals surface area (Å²) in [6, 6.07) is 10.2. The largest absolute Gasteiger partial charge is 0.338 e. The lowest BCUT2D eigenvalue weighted by Gasteiger charge is -2.29. The quantitative estimate of drug-likeness (QED) is 0.764. The van der Waals surface area contributed by atoms with Crippen molar-refractivity contribution >= 4 is 21.8 Å². The maximum Gasteiger partial charge on any atom is 0.228 e. The summed E-state index contributed by atoms with van der Waals surface area (Å²) in [5.41, 5.74) is 0.939. The summed E-state index contributed by atoms with van der Waals surface area (Å²) in [5, 5.41) is 0. The third kappa shape index (κ3) is 3.14. The van der Waals surface area contributed by atoms with Gasteiger partial charge < -0.3 is 4.90 Å². The zero-order chi connectivity index (χ0) is 13.2. The van der Waals surface area contributed by atoms with Crippen molar-refractivity contribution in [2.24, 2.45) is 5.41 Å². The molecule has 1 aliphatic heterocycles. The van der Waals surface area contributed by atoms with E-state index in [9.17, 15) is 4.79 Å². The van der Waals surface area contributed by atoms with E-state index < -0.39 is 0 Å². The second-order valence-electron chi connectivity index (χ2n) is 5.69. The van der Waals surface area contributed by atoms with E-state index in [4.69, 9.17) is 0 Å². The Balaban J connectivity index is 2.14. The number of nitrogens with zero attached hydrogens (tertiary/aromatic N) is 1. The van der Waals surface area contributed by atoms with Crippen LogP contribution in [0.4, 0.5) is 0 Å². The van der Waals surface area contributed by atoms with Gasteiger partial charge in [0.05, 0.1) is 0 Å². The number of halogens is 1. The molecule has 1 fully saturated rings. The van der Waals surface area contributed by atoms with E-state index in [1.165, 1.54) is 5.56 Å². The lowest BCUT2D eigenvalue weighted by molar-refractivity contribution is -0.140. The van der Waals surface area contributed by atoms with Crippen molar-refractivity contribution in [3.8, 4) is 0 Å². The highest BCUT2D eigenvalue weighted by atomic mass is 79.9. The van der Waals surface area contributed by atoms with Gasteiger partial charge in [-0.25, -0.2) is 0 Å². The first kappa shape index (κ1) is 13.6. The maximum atomic E-state index is 12.5. The van der Waals surface area contributed by atoms with Crippen LogP contribution in [0, 0.1) is 5.41 Å². The van der Waals surface area contributed by atoms with Crippen molar-refractivity contribution < 1.29 is 4.79 Å². The number of carbonyl (C=O) groups is 1. The molecule has 1 aromatic rings. The Morgan fingerprint density at radius 3 is 2.67 bits per heavy atom. The van der Waals surface area contributed by atoms with Gasteiger partial charge in [0.25, 0.3) is 0 Å². The summed E-state index contributed by atoms with van der Waals surface area (Å²) in [7, 11) is 0. The smallest absolute Gasteiger partial charge is 0.228 e. The van der Waals surface area contributed by atoms with Crippen LogP contribution in [0.3, 0.4) is 0 Å². The number of hydrogen-bond donors (Lipinski definition) is 0. The number of likely N-dealkylation sites (tertiary alicyclic amines) is 1. The molecule has 2 rings (SSSR count). The second kappa shape index (κ2) is 5.43. The predicted molar refractivity (Wildman–Crippen MR) is 77.6 cm³/mol. The van der Waals surface area contributed by atoms with Gasteiger partial charge in [-0.3, -0.25) is 4.79 Å². The fourth-order valence-electron chi connectivity index (χ4n) is 2.52. The molecule has 1 heterocycles. The molecule has 0 aliphatic carbocycles. The van der Waals surface area contributed by atoms with Gasteiger partial charge in [-0.15, -0.1) is 0 Å². The number of benzene rings is 1. The first-order valence-corrected chi connectivity index (χ1v) is 7.38. The molecule has 2 nitrogen and oxygen atoms in total. The molecule has 1 aromatic carbocycles. The third-order valence-electron chi connectivity index (χ3n) is 3.53. The zero-order valence-corrected chi connectivity index (χ0v) is 12.6. The summed E-state index contributed by atoms with van der Waals surface area (Å²) in [4.78, 5) is 15.0. The normalized spacial score (nSPS) is 23.8. The molecule has 0 spiro atoms. The number of hydrogen-bond acceptors (Lipinski definition) is 1. The Kier molecular flexibility index (Phi) is 4.10. The number of amides is 1. The lowest BCUT2D eigenvalue weighted by atomic mass is 9.87. The van der Waals surface area contributed by atoms with E-state index >= 15 is 0 Å². The average molecular weight is 310 g/mol. The van der Waals surface area contributed by atoms with Gasteiger partial charge in [-0.1, -0.05) is 60.1 Å². The minimum absolute atomic E-state index is 0.264. The molecule has 1 saturated heterocycles. The Morgan fingerprint density at radius 1 is 1.33 bits per heavy atom. The minimum Gasteiger partial charge on any atom is -0.338 e. The van der Waals surface area contributed by atoms with E-state index in [2.05, 4.69) is 28.1 Å². The average Bonchev–Trinajstić information content (AvgIpc) is 2.42. The molecule has 0 aromatic heterocycles. The SMILES string of the molecule is CC1(C)CC(Br)CCN(Cc2ccccc2)C1=O. The van der Waals surface area contributed by atoms with Crippen molar-refractivity contribution in [1.82, 2.24) is 4.90 Å². The maximum absolute atomic E-state index is 12.5. The minimum atomic E-state index is -0.264.